The number of hydrogen-bond donors (Lipinski definition) is 0. The van der Waals surface area contributed by atoms with Crippen LogP contribution in [0.1, 0.15) is 24.0 Å². The number of aryl methyl sites for hydroxylation is 2. The van der Waals surface area contributed by atoms with E-state index in [-0.39, 0.29) is 12.4 Å². The number of anilines is 1. The van der Waals surface area contributed by atoms with Gasteiger partial charge >= 0.3 is 0 Å². The van der Waals surface area contributed by atoms with Crippen molar-refractivity contribution in [2.24, 2.45) is 0 Å². The van der Waals surface area contributed by atoms with E-state index < -0.39 is 0 Å². The zero-order chi connectivity index (χ0) is 11.1. The molecule has 1 fully saturated rings. The lowest BCUT2D eigenvalue weighted by Crippen LogP contribution is -2.16. The lowest BCUT2D eigenvalue weighted by molar-refractivity contribution is 0.949. The monoisotopic (exact) mass is 268 g/mol. The maximum atomic E-state index is 4.76. The van der Waals surface area contributed by atoms with Crippen molar-refractivity contribution >= 4 is 39.1 Å². The molecular weight excluding hydrogens is 252 g/mol. The molecule has 1 aliphatic rings. The summed E-state index contributed by atoms with van der Waals surface area (Å²) < 4.78 is 1.35. The Kier molecular flexibility index (Phi) is 3.59. The van der Waals surface area contributed by atoms with Gasteiger partial charge in [0.05, 0.1) is 10.2 Å². The molecule has 0 unspecified atom stereocenters. The fraction of sp³-hybridized carbons (Fsp3) is 0.462. The van der Waals surface area contributed by atoms with Gasteiger partial charge in [-0.05, 0) is 43.9 Å². The van der Waals surface area contributed by atoms with Crippen molar-refractivity contribution in [3.05, 3.63) is 23.3 Å². The molecule has 0 bridgehead atoms. The molecule has 17 heavy (non-hydrogen) atoms. The second-order valence-electron chi connectivity index (χ2n) is 4.62. The highest BCUT2D eigenvalue weighted by atomic mass is 35.5. The smallest absolute Gasteiger partial charge is 0.186 e. The Balaban J connectivity index is 0.00000108. The summed E-state index contributed by atoms with van der Waals surface area (Å²) in [6.07, 6.45) is 2.63. The molecule has 0 spiro atoms. The highest BCUT2D eigenvalue weighted by molar-refractivity contribution is 7.22. The van der Waals surface area contributed by atoms with E-state index in [0.717, 1.165) is 0 Å². The van der Waals surface area contributed by atoms with Gasteiger partial charge in [-0.2, -0.15) is 0 Å². The van der Waals surface area contributed by atoms with E-state index in [1.165, 1.54) is 52.4 Å². The van der Waals surface area contributed by atoms with Crippen LogP contribution in [0.15, 0.2) is 12.1 Å². The summed E-state index contributed by atoms with van der Waals surface area (Å²) >= 11 is 1.84. The zero-order valence-corrected chi connectivity index (χ0v) is 11.8. The van der Waals surface area contributed by atoms with Crippen molar-refractivity contribution in [1.82, 2.24) is 4.98 Å². The van der Waals surface area contributed by atoms with Crippen LogP contribution in [0.3, 0.4) is 0 Å². The van der Waals surface area contributed by atoms with Gasteiger partial charge in [0, 0.05) is 13.1 Å². The third kappa shape index (κ3) is 2.26. The Morgan fingerprint density at radius 3 is 2.59 bits per heavy atom. The average Bonchev–Trinajstić information content (AvgIpc) is 2.82. The number of aromatic nitrogens is 1. The Labute approximate surface area is 112 Å². The molecule has 92 valence electrons. The molecule has 2 nitrogen and oxygen atoms in total. The normalized spacial score (nSPS) is 15.3. The van der Waals surface area contributed by atoms with Crippen molar-refractivity contribution in [1.29, 1.82) is 0 Å². The number of benzene rings is 1. The van der Waals surface area contributed by atoms with Crippen LogP contribution in [-0.4, -0.2) is 18.1 Å². The van der Waals surface area contributed by atoms with Crippen molar-refractivity contribution < 1.29 is 0 Å². The van der Waals surface area contributed by atoms with E-state index in [0.29, 0.717) is 0 Å². The van der Waals surface area contributed by atoms with Gasteiger partial charge in [0.25, 0.3) is 0 Å². The highest BCUT2D eigenvalue weighted by Gasteiger charge is 2.16. The van der Waals surface area contributed by atoms with Gasteiger partial charge in [-0.15, -0.1) is 12.4 Å². The number of rotatable bonds is 1. The summed E-state index contributed by atoms with van der Waals surface area (Å²) in [4.78, 5) is 7.18. The number of fused-ring (bicyclic) bond motifs is 1. The Hall–Kier alpha value is -0.800. The largest absolute Gasteiger partial charge is 0.348 e. The highest BCUT2D eigenvalue weighted by Crippen LogP contribution is 2.33. The fourth-order valence-electron chi connectivity index (χ4n) is 2.41. The standard InChI is InChI=1S/C13H16N2S.ClH/c1-9-7-10(2)12-11(8-9)14-13(16-12)15-5-3-4-6-15;/h7-8H,3-6H2,1-2H3;1H. The quantitative estimate of drug-likeness (QED) is 0.779. The Morgan fingerprint density at radius 1 is 1.18 bits per heavy atom. The summed E-state index contributed by atoms with van der Waals surface area (Å²) in [5.74, 6) is 0. The van der Waals surface area contributed by atoms with E-state index in [4.69, 9.17) is 4.98 Å². The molecule has 2 heterocycles. The van der Waals surface area contributed by atoms with Crippen LogP contribution in [0.2, 0.25) is 0 Å². The van der Waals surface area contributed by atoms with Gasteiger partial charge < -0.3 is 4.90 Å². The number of thiazole rings is 1. The average molecular weight is 269 g/mol. The maximum Gasteiger partial charge on any atom is 0.186 e. The summed E-state index contributed by atoms with van der Waals surface area (Å²) in [7, 11) is 0. The predicted molar refractivity (Wildman–Crippen MR) is 77.8 cm³/mol. The lowest BCUT2D eigenvalue weighted by atomic mass is 10.1. The Bertz CT molecular complexity index is 529. The molecule has 1 aliphatic heterocycles. The minimum Gasteiger partial charge on any atom is -0.348 e. The molecular formula is C13H17ClN2S. The third-order valence-electron chi connectivity index (χ3n) is 3.19. The van der Waals surface area contributed by atoms with Gasteiger partial charge in [0.2, 0.25) is 0 Å². The van der Waals surface area contributed by atoms with Gasteiger partial charge in [0.1, 0.15) is 0 Å². The fourth-order valence-corrected chi connectivity index (χ4v) is 3.48. The van der Waals surface area contributed by atoms with E-state index in [1.54, 1.807) is 0 Å². The zero-order valence-electron chi connectivity index (χ0n) is 10.2. The summed E-state index contributed by atoms with van der Waals surface area (Å²) in [5.41, 5.74) is 3.84. The van der Waals surface area contributed by atoms with Crippen molar-refractivity contribution in [2.75, 3.05) is 18.0 Å². The molecule has 0 atom stereocenters. The van der Waals surface area contributed by atoms with Gasteiger partial charge in [-0.3, -0.25) is 0 Å². The first-order valence-electron chi connectivity index (χ1n) is 5.87. The van der Waals surface area contributed by atoms with E-state index in [9.17, 15) is 0 Å². The lowest BCUT2D eigenvalue weighted by Gasteiger charge is -2.11. The van der Waals surface area contributed by atoms with Crippen LogP contribution in [0.25, 0.3) is 10.2 Å². The van der Waals surface area contributed by atoms with Gasteiger partial charge in [0.15, 0.2) is 5.13 Å². The first kappa shape index (κ1) is 12.7. The minimum atomic E-state index is 0. The number of halogens is 1. The van der Waals surface area contributed by atoms with Crippen LogP contribution < -0.4 is 4.90 Å². The number of hydrogen-bond acceptors (Lipinski definition) is 3. The van der Waals surface area contributed by atoms with Crippen molar-refractivity contribution in [3.63, 3.8) is 0 Å². The SMILES string of the molecule is Cc1cc(C)c2sc(N3CCCC3)nc2c1.Cl. The molecule has 1 saturated heterocycles. The molecule has 1 aromatic carbocycles. The summed E-state index contributed by atoms with van der Waals surface area (Å²) in [6, 6.07) is 4.44. The molecule has 3 rings (SSSR count). The topological polar surface area (TPSA) is 16.1 Å². The van der Waals surface area contributed by atoms with Crippen LogP contribution >= 0.6 is 23.7 Å². The molecule has 0 aliphatic carbocycles. The molecule has 0 saturated carbocycles. The predicted octanol–water partition coefficient (Wildman–Crippen LogP) is 3.94. The van der Waals surface area contributed by atoms with E-state index in [2.05, 4.69) is 30.9 Å². The second-order valence-corrected chi connectivity index (χ2v) is 5.60. The van der Waals surface area contributed by atoms with Gasteiger partial charge in [-0.1, -0.05) is 17.4 Å². The second kappa shape index (κ2) is 4.83. The molecule has 0 N–H and O–H groups in total. The van der Waals surface area contributed by atoms with Crippen LogP contribution in [0, 0.1) is 13.8 Å². The van der Waals surface area contributed by atoms with Crippen LogP contribution in [0.4, 0.5) is 5.13 Å². The van der Waals surface area contributed by atoms with Crippen molar-refractivity contribution in [2.45, 2.75) is 26.7 Å². The first-order valence-corrected chi connectivity index (χ1v) is 6.68. The van der Waals surface area contributed by atoms with Crippen LogP contribution in [0.5, 0.6) is 0 Å². The molecule has 4 heteroatoms. The molecule has 0 amide bonds. The van der Waals surface area contributed by atoms with Gasteiger partial charge in [-0.25, -0.2) is 4.98 Å². The minimum absolute atomic E-state index is 0. The third-order valence-corrected chi connectivity index (χ3v) is 4.45. The van der Waals surface area contributed by atoms with E-state index in [1.807, 2.05) is 11.3 Å². The van der Waals surface area contributed by atoms with Crippen molar-refractivity contribution in [3.8, 4) is 0 Å². The molecule has 0 radical (unpaired) electrons. The van der Waals surface area contributed by atoms with E-state index >= 15 is 0 Å². The molecule has 2 aromatic rings. The summed E-state index contributed by atoms with van der Waals surface area (Å²) in [6.45, 7) is 6.68. The summed E-state index contributed by atoms with van der Waals surface area (Å²) in [5, 5.41) is 1.21. The first-order chi connectivity index (χ1) is 7.74. The maximum absolute atomic E-state index is 4.76. The Morgan fingerprint density at radius 2 is 1.88 bits per heavy atom. The van der Waals surface area contributed by atoms with Crippen LogP contribution in [-0.2, 0) is 0 Å². The number of nitrogens with zero attached hydrogens (tertiary/aromatic N) is 2. The molecule has 1 aromatic heterocycles.